The summed E-state index contributed by atoms with van der Waals surface area (Å²) in [5.41, 5.74) is 0.495. The molecule has 0 saturated heterocycles. The maximum Gasteiger partial charge on any atom is 0.341 e. The number of carbonyl (C=O) groups is 1. The fraction of sp³-hybridized carbons (Fsp3) is 0.571. The molecule has 100 valence electrons. The lowest BCUT2D eigenvalue weighted by molar-refractivity contribution is 0.0527. The number of carbonyl (C=O) groups excluding carboxylic acids is 1. The van der Waals surface area contributed by atoms with Gasteiger partial charge in [-0.05, 0) is 31.9 Å². The van der Waals surface area contributed by atoms with Crippen molar-refractivity contribution in [1.82, 2.24) is 4.98 Å². The fourth-order valence-electron chi connectivity index (χ4n) is 1.61. The zero-order valence-electron chi connectivity index (χ0n) is 11.6. The topological polar surface area (TPSA) is 51.2 Å². The van der Waals surface area contributed by atoms with Gasteiger partial charge >= 0.3 is 5.97 Å². The third-order valence-corrected chi connectivity index (χ3v) is 3.16. The molecule has 0 bridgehead atoms. The largest absolute Gasteiger partial charge is 0.462 e. The number of nitrogens with one attached hydrogen (secondary N) is 1. The Morgan fingerprint density at radius 2 is 2.17 bits per heavy atom. The summed E-state index contributed by atoms with van der Waals surface area (Å²) in [5, 5.41) is 3.29. The molecular weight excluding hydrogens is 228 g/mol. The Kier molecular flexibility index (Phi) is 5.62. The Morgan fingerprint density at radius 3 is 2.78 bits per heavy atom. The van der Waals surface area contributed by atoms with E-state index >= 15 is 0 Å². The maximum atomic E-state index is 11.8. The van der Waals surface area contributed by atoms with Gasteiger partial charge in [-0.15, -0.1) is 0 Å². The van der Waals surface area contributed by atoms with Crippen LogP contribution < -0.4 is 5.32 Å². The highest BCUT2D eigenvalue weighted by Crippen LogP contribution is 2.17. The molecule has 1 heterocycles. The second kappa shape index (κ2) is 6.99. The van der Waals surface area contributed by atoms with Crippen LogP contribution in [0.2, 0.25) is 0 Å². The van der Waals surface area contributed by atoms with Crippen LogP contribution in [0, 0.1) is 5.92 Å². The van der Waals surface area contributed by atoms with Gasteiger partial charge in [-0.1, -0.05) is 20.3 Å². The van der Waals surface area contributed by atoms with E-state index in [1.807, 2.05) is 0 Å². The van der Waals surface area contributed by atoms with Gasteiger partial charge in [0.1, 0.15) is 11.4 Å². The van der Waals surface area contributed by atoms with E-state index in [0.717, 1.165) is 6.42 Å². The van der Waals surface area contributed by atoms with Gasteiger partial charge in [-0.25, -0.2) is 9.78 Å². The van der Waals surface area contributed by atoms with E-state index in [1.165, 1.54) is 0 Å². The molecule has 1 N–H and O–H groups in total. The molecule has 4 heteroatoms. The van der Waals surface area contributed by atoms with Crippen LogP contribution in [0.1, 0.15) is 44.5 Å². The zero-order chi connectivity index (χ0) is 13.5. The van der Waals surface area contributed by atoms with Crippen molar-refractivity contribution in [3.8, 4) is 0 Å². The summed E-state index contributed by atoms with van der Waals surface area (Å²) in [6.07, 6.45) is 2.75. The molecule has 0 amide bonds. The van der Waals surface area contributed by atoms with Crippen molar-refractivity contribution >= 4 is 11.8 Å². The number of nitrogens with zero attached hydrogens (tertiary/aromatic N) is 1. The molecule has 1 aromatic rings. The maximum absolute atomic E-state index is 11.8. The quantitative estimate of drug-likeness (QED) is 0.788. The van der Waals surface area contributed by atoms with Crippen molar-refractivity contribution in [1.29, 1.82) is 0 Å². The first-order chi connectivity index (χ1) is 8.60. The molecule has 0 fully saturated rings. The van der Waals surface area contributed by atoms with E-state index in [9.17, 15) is 4.79 Å². The summed E-state index contributed by atoms with van der Waals surface area (Å²) in [6, 6.07) is 3.74. The SMILES string of the molecule is CCOC(=O)c1cccnc1NC(C)C(C)CC. The molecule has 0 aromatic carbocycles. The normalized spacial score (nSPS) is 13.8. The van der Waals surface area contributed by atoms with Gasteiger partial charge in [0.15, 0.2) is 0 Å². The number of hydrogen-bond acceptors (Lipinski definition) is 4. The Bertz CT molecular complexity index is 393. The van der Waals surface area contributed by atoms with Gasteiger partial charge in [0, 0.05) is 12.2 Å². The van der Waals surface area contributed by atoms with E-state index in [1.54, 1.807) is 25.3 Å². The van der Waals surface area contributed by atoms with Gasteiger partial charge < -0.3 is 10.1 Å². The van der Waals surface area contributed by atoms with E-state index in [2.05, 4.69) is 31.1 Å². The first-order valence-electron chi connectivity index (χ1n) is 6.48. The van der Waals surface area contributed by atoms with Crippen LogP contribution in [0.5, 0.6) is 0 Å². The van der Waals surface area contributed by atoms with Crippen LogP contribution >= 0.6 is 0 Å². The molecule has 4 nitrogen and oxygen atoms in total. The van der Waals surface area contributed by atoms with Gasteiger partial charge in [0.2, 0.25) is 0 Å². The smallest absolute Gasteiger partial charge is 0.341 e. The molecule has 0 aliphatic rings. The van der Waals surface area contributed by atoms with Crippen LogP contribution in [-0.4, -0.2) is 23.6 Å². The molecule has 0 radical (unpaired) electrons. The minimum absolute atomic E-state index is 0.262. The van der Waals surface area contributed by atoms with Crippen LogP contribution in [0.15, 0.2) is 18.3 Å². The molecule has 0 aliphatic heterocycles. The van der Waals surface area contributed by atoms with Gasteiger partial charge in [-0.2, -0.15) is 0 Å². The van der Waals surface area contributed by atoms with E-state index in [0.29, 0.717) is 23.9 Å². The van der Waals surface area contributed by atoms with Crippen molar-refractivity contribution in [2.75, 3.05) is 11.9 Å². The molecule has 1 aromatic heterocycles. The van der Waals surface area contributed by atoms with Gasteiger partial charge in [0.05, 0.1) is 6.61 Å². The highest BCUT2D eigenvalue weighted by Gasteiger charge is 2.16. The summed E-state index contributed by atoms with van der Waals surface area (Å²) in [4.78, 5) is 16.0. The number of hydrogen-bond donors (Lipinski definition) is 1. The minimum Gasteiger partial charge on any atom is -0.462 e. The first kappa shape index (κ1) is 14.5. The highest BCUT2D eigenvalue weighted by atomic mass is 16.5. The number of ether oxygens (including phenoxy) is 1. The lowest BCUT2D eigenvalue weighted by Crippen LogP contribution is -2.25. The van der Waals surface area contributed by atoms with Crippen LogP contribution in [-0.2, 0) is 4.74 Å². The molecule has 18 heavy (non-hydrogen) atoms. The molecule has 0 aliphatic carbocycles. The summed E-state index contributed by atoms with van der Waals surface area (Å²) in [7, 11) is 0. The van der Waals surface area contributed by atoms with Gasteiger partial charge in [0.25, 0.3) is 0 Å². The Labute approximate surface area is 109 Å². The van der Waals surface area contributed by atoms with Crippen LogP contribution in [0.4, 0.5) is 5.82 Å². The van der Waals surface area contributed by atoms with Crippen molar-refractivity contribution in [3.05, 3.63) is 23.9 Å². The zero-order valence-corrected chi connectivity index (χ0v) is 11.6. The van der Waals surface area contributed by atoms with E-state index < -0.39 is 0 Å². The van der Waals surface area contributed by atoms with Crippen molar-refractivity contribution in [3.63, 3.8) is 0 Å². The highest BCUT2D eigenvalue weighted by molar-refractivity contribution is 5.94. The fourth-order valence-corrected chi connectivity index (χ4v) is 1.61. The summed E-state index contributed by atoms with van der Waals surface area (Å²) >= 11 is 0. The monoisotopic (exact) mass is 250 g/mol. The second-order valence-corrected chi connectivity index (χ2v) is 4.44. The molecule has 0 spiro atoms. The Balaban J connectivity index is 2.85. The first-order valence-corrected chi connectivity index (χ1v) is 6.48. The molecule has 2 atom stereocenters. The third kappa shape index (κ3) is 3.72. The second-order valence-electron chi connectivity index (χ2n) is 4.44. The van der Waals surface area contributed by atoms with E-state index in [-0.39, 0.29) is 12.0 Å². The van der Waals surface area contributed by atoms with Crippen molar-refractivity contribution in [2.45, 2.75) is 40.2 Å². The van der Waals surface area contributed by atoms with Crippen molar-refractivity contribution < 1.29 is 9.53 Å². The average molecular weight is 250 g/mol. The van der Waals surface area contributed by atoms with Crippen LogP contribution in [0.25, 0.3) is 0 Å². The lowest BCUT2D eigenvalue weighted by Gasteiger charge is -2.21. The third-order valence-electron chi connectivity index (χ3n) is 3.16. The number of aromatic nitrogens is 1. The number of rotatable bonds is 6. The molecule has 2 unspecified atom stereocenters. The predicted octanol–water partition coefficient (Wildman–Crippen LogP) is 3.10. The van der Waals surface area contributed by atoms with E-state index in [4.69, 9.17) is 4.74 Å². The summed E-state index contributed by atoms with van der Waals surface area (Å²) < 4.78 is 5.02. The Morgan fingerprint density at radius 1 is 1.44 bits per heavy atom. The lowest BCUT2D eigenvalue weighted by atomic mass is 10.0. The Hall–Kier alpha value is -1.58. The minimum atomic E-state index is -0.329. The molecule has 1 rings (SSSR count). The number of anilines is 1. The molecule has 0 saturated carbocycles. The molecular formula is C14H22N2O2. The van der Waals surface area contributed by atoms with Crippen LogP contribution in [0.3, 0.4) is 0 Å². The average Bonchev–Trinajstić information content (AvgIpc) is 2.38. The number of pyridine rings is 1. The summed E-state index contributed by atoms with van der Waals surface area (Å²) in [6.45, 7) is 8.58. The summed E-state index contributed by atoms with van der Waals surface area (Å²) in [5.74, 6) is 0.787. The van der Waals surface area contributed by atoms with Gasteiger partial charge in [-0.3, -0.25) is 0 Å². The van der Waals surface area contributed by atoms with Crippen molar-refractivity contribution in [2.24, 2.45) is 5.92 Å². The number of esters is 1. The predicted molar refractivity (Wildman–Crippen MR) is 72.7 cm³/mol. The standard InChI is InChI=1S/C14H22N2O2/c1-5-10(3)11(4)16-13-12(8-7-9-15-13)14(17)18-6-2/h7-11H,5-6H2,1-4H3,(H,15,16).